The summed E-state index contributed by atoms with van der Waals surface area (Å²) < 4.78 is 24.0. The van der Waals surface area contributed by atoms with Crippen molar-refractivity contribution >= 4 is 28.9 Å². The lowest BCUT2D eigenvalue weighted by molar-refractivity contribution is 0.0593. The van der Waals surface area contributed by atoms with E-state index in [2.05, 4.69) is 9.72 Å². The molecule has 22 heavy (non-hydrogen) atoms. The van der Waals surface area contributed by atoms with Crippen molar-refractivity contribution in [3.8, 4) is 5.75 Å². The summed E-state index contributed by atoms with van der Waals surface area (Å²) in [5, 5.41) is 0. The molecule has 0 N–H and O–H groups in total. The number of benzene rings is 1. The summed E-state index contributed by atoms with van der Waals surface area (Å²) in [6.45, 7) is 2.14. The van der Waals surface area contributed by atoms with E-state index < -0.39 is 5.97 Å². The van der Waals surface area contributed by atoms with E-state index in [0.717, 1.165) is 10.4 Å². The number of carbonyl (C=O) groups is 1. The lowest BCUT2D eigenvalue weighted by atomic mass is 10.2. The first kappa shape index (κ1) is 16.7. The van der Waals surface area contributed by atoms with Crippen LogP contribution in [0.2, 0.25) is 4.47 Å². The van der Waals surface area contributed by atoms with Gasteiger partial charge >= 0.3 is 5.97 Å². The quantitative estimate of drug-likeness (QED) is 0.586. The smallest absolute Gasteiger partial charge is 0.357 e. The molecule has 1 aromatic carbocycles. The molecule has 0 fully saturated rings. The van der Waals surface area contributed by atoms with Crippen LogP contribution < -0.4 is 4.74 Å². The Morgan fingerprint density at radius 2 is 2.23 bits per heavy atom. The summed E-state index contributed by atoms with van der Waals surface area (Å²) in [5.74, 6) is -0.666. The molecule has 118 valence electrons. The Kier molecular flexibility index (Phi) is 5.74. The highest BCUT2D eigenvalue weighted by Gasteiger charge is 2.17. The summed E-state index contributed by atoms with van der Waals surface area (Å²) in [5.41, 5.74) is 1.07. The zero-order valence-electron chi connectivity index (χ0n) is 12.2. The summed E-state index contributed by atoms with van der Waals surface area (Å²) in [6, 6.07) is 4.82. The SMILES string of the molecule is COC(=O)c1nc(Cl)sc1CCCOc1ccc(C)cc1F. The zero-order chi connectivity index (χ0) is 16.1. The predicted molar refractivity (Wildman–Crippen MR) is 83.4 cm³/mol. The van der Waals surface area contributed by atoms with Crippen LogP contribution in [0.15, 0.2) is 18.2 Å². The summed E-state index contributed by atoms with van der Waals surface area (Å²) in [4.78, 5) is 16.3. The Morgan fingerprint density at radius 3 is 2.91 bits per heavy atom. The van der Waals surface area contributed by atoms with Gasteiger partial charge < -0.3 is 9.47 Å². The molecule has 0 saturated carbocycles. The van der Waals surface area contributed by atoms with Crippen molar-refractivity contribution in [2.45, 2.75) is 19.8 Å². The number of carbonyl (C=O) groups excluding carboxylic acids is 1. The number of ether oxygens (including phenoxy) is 2. The molecule has 1 aromatic heterocycles. The zero-order valence-corrected chi connectivity index (χ0v) is 13.8. The van der Waals surface area contributed by atoms with Crippen LogP contribution >= 0.6 is 22.9 Å². The van der Waals surface area contributed by atoms with Gasteiger partial charge in [0.25, 0.3) is 0 Å². The Balaban J connectivity index is 1.90. The number of thiazole rings is 1. The van der Waals surface area contributed by atoms with Gasteiger partial charge in [-0.25, -0.2) is 14.2 Å². The molecule has 0 aliphatic rings. The second kappa shape index (κ2) is 7.56. The van der Waals surface area contributed by atoms with Gasteiger partial charge in [0.2, 0.25) is 0 Å². The van der Waals surface area contributed by atoms with Crippen LogP contribution in [0.5, 0.6) is 5.75 Å². The number of nitrogens with zero attached hydrogens (tertiary/aromatic N) is 1. The number of hydrogen-bond donors (Lipinski definition) is 0. The van der Waals surface area contributed by atoms with Crippen molar-refractivity contribution in [1.82, 2.24) is 4.98 Å². The topological polar surface area (TPSA) is 48.4 Å². The molecular weight excluding hydrogens is 329 g/mol. The summed E-state index contributed by atoms with van der Waals surface area (Å²) in [6.07, 6.45) is 1.16. The predicted octanol–water partition coefficient (Wildman–Crippen LogP) is 4.04. The average molecular weight is 344 g/mol. The molecule has 2 aromatic rings. The van der Waals surface area contributed by atoms with Crippen LogP contribution in [0.25, 0.3) is 0 Å². The Morgan fingerprint density at radius 1 is 1.45 bits per heavy atom. The average Bonchev–Trinajstić information content (AvgIpc) is 2.85. The van der Waals surface area contributed by atoms with Gasteiger partial charge in [-0.2, -0.15) is 0 Å². The molecule has 1 heterocycles. The maximum absolute atomic E-state index is 13.6. The van der Waals surface area contributed by atoms with Crippen molar-refractivity contribution in [2.75, 3.05) is 13.7 Å². The van der Waals surface area contributed by atoms with Gasteiger partial charge in [-0.15, -0.1) is 11.3 Å². The minimum absolute atomic E-state index is 0.223. The van der Waals surface area contributed by atoms with Crippen molar-refractivity contribution in [1.29, 1.82) is 0 Å². The van der Waals surface area contributed by atoms with Crippen LogP contribution in [-0.2, 0) is 11.2 Å². The maximum atomic E-state index is 13.6. The lowest BCUT2D eigenvalue weighted by Crippen LogP contribution is -2.06. The molecule has 2 rings (SSSR count). The normalized spacial score (nSPS) is 10.5. The molecular formula is C15H15ClFNO3S. The van der Waals surface area contributed by atoms with Crippen molar-refractivity contribution in [2.24, 2.45) is 0 Å². The number of methoxy groups -OCH3 is 1. The van der Waals surface area contributed by atoms with Crippen molar-refractivity contribution < 1.29 is 18.7 Å². The number of halogens is 2. The summed E-state index contributed by atoms with van der Waals surface area (Å²) >= 11 is 7.06. The molecule has 0 spiro atoms. The van der Waals surface area contributed by atoms with Crippen LogP contribution in [0.4, 0.5) is 4.39 Å². The van der Waals surface area contributed by atoms with E-state index in [4.69, 9.17) is 16.3 Å². The third-order valence-corrected chi connectivity index (χ3v) is 4.16. The van der Waals surface area contributed by atoms with Gasteiger partial charge in [-0.05, 0) is 37.5 Å². The first-order valence-electron chi connectivity index (χ1n) is 6.63. The van der Waals surface area contributed by atoms with E-state index in [1.807, 2.05) is 6.92 Å². The highest BCUT2D eigenvalue weighted by atomic mass is 35.5. The summed E-state index contributed by atoms with van der Waals surface area (Å²) in [7, 11) is 1.29. The maximum Gasteiger partial charge on any atom is 0.357 e. The van der Waals surface area contributed by atoms with E-state index in [9.17, 15) is 9.18 Å². The van der Waals surface area contributed by atoms with E-state index in [-0.39, 0.29) is 17.3 Å². The fourth-order valence-corrected chi connectivity index (χ4v) is 3.06. The van der Waals surface area contributed by atoms with Crippen molar-refractivity contribution in [3.63, 3.8) is 0 Å². The van der Waals surface area contributed by atoms with E-state index in [1.54, 1.807) is 12.1 Å². The van der Waals surface area contributed by atoms with Gasteiger partial charge in [0.15, 0.2) is 21.7 Å². The third-order valence-electron chi connectivity index (χ3n) is 2.94. The van der Waals surface area contributed by atoms with Gasteiger partial charge in [-0.3, -0.25) is 0 Å². The molecule has 0 bridgehead atoms. The van der Waals surface area contributed by atoms with Crippen LogP contribution in [0.3, 0.4) is 0 Å². The standard InChI is InChI=1S/C15H15ClFNO3S/c1-9-5-6-11(10(17)8-9)21-7-3-4-12-13(14(19)20-2)18-15(16)22-12/h5-6,8H,3-4,7H2,1-2H3. The minimum atomic E-state index is -0.511. The minimum Gasteiger partial charge on any atom is -0.491 e. The van der Waals surface area contributed by atoms with Crippen molar-refractivity contribution in [3.05, 3.63) is 44.6 Å². The number of esters is 1. The molecule has 0 atom stereocenters. The van der Waals surface area contributed by atoms with Crippen LogP contribution in [0.1, 0.15) is 27.3 Å². The first-order chi connectivity index (χ1) is 10.5. The second-order valence-electron chi connectivity index (χ2n) is 4.62. The lowest BCUT2D eigenvalue weighted by Gasteiger charge is -2.07. The highest BCUT2D eigenvalue weighted by molar-refractivity contribution is 7.16. The Labute approximate surface area is 136 Å². The molecule has 0 amide bonds. The number of hydrogen-bond acceptors (Lipinski definition) is 5. The number of aryl methyl sites for hydroxylation is 2. The van der Waals surface area contributed by atoms with Crippen LogP contribution in [0, 0.1) is 12.7 Å². The molecule has 0 aliphatic heterocycles. The first-order valence-corrected chi connectivity index (χ1v) is 7.83. The van der Waals surface area contributed by atoms with E-state index >= 15 is 0 Å². The van der Waals surface area contributed by atoms with Gasteiger partial charge in [0, 0.05) is 4.88 Å². The monoisotopic (exact) mass is 343 g/mol. The number of aromatic nitrogens is 1. The fraction of sp³-hybridized carbons (Fsp3) is 0.333. The second-order valence-corrected chi connectivity index (χ2v) is 6.28. The van der Waals surface area contributed by atoms with Gasteiger partial charge in [0.05, 0.1) is 13.7 Å². The molecule has 0 radical (unpaired) electrons. The van der Waals surface area contributed by atoms with E-state index in [1.165, 1.54) is 24.5 Å². The molecule has 0 unspecified atom stereocenters. The largest absolute Gasteiger partial charge is 0.491 e. The third kappa shape index (κ3) is 4.18. The molecule has 7 heteroatoms. The van der Waals surface area contributed by atoms with E-state index in [0.29, 0.717) is 23.9 Å². The Bertz CT molecular complexity index is 675. The highest BCUT2D eigenvalue weighted by Crippen LogP contribution is 2.25. The molecule has 4 nitrogen and oxygen atoms in total. The Hall–Kier alpha value is -1.66. The van der Waals surface area contributed by atoms with Crippen LogP contribution in [-0.4, -0.2) is 24.7 Å². The fourth-order valence-electron chi connectivity index (χ4n) is 1.89. The van der Waals surface area contributed by atoms with Gasteiger partial charge in [0.1, 0.15) is 0 Å². The van der Waals surface area contributed by atoms with Gasteiger partial charge in [-0.1, -0.05) is 17.7 Å². The number of rotatable bonds is 6. The molecule has 0 aliphatic carbocycles. The molecule has 0 saturated heterocycles.